The van der Waals surface area contributed by atoms with Gasteiger partial charge in [0.25, 0.3) is 0 Å². The van der Waals surface area contributed by atoms with Crippen molar-refractivity contribution < 1.29 is 0 Å². The molecule has 1 unspecified atom stereocenters. The Morgan fingerprint density at radius 1 is 1.11 bits per heavy atom. The number of hydrogen-bond acceptors (Lipinski definition) is 2. The first-order valence-corrected chi connectivity index (χ1v) is 7.70. The van der Waals surface area contributed by atoms with Crippen molar-refractivity contribution in [3.8, 4) is 0 Å². The Morgan fingerprint density at radius 2 is 1.74 bits per heavy atom. The van der Waals surface area contributed by atoms with Gasteiger partial charge < -0.3 is 5.32 Å². The van der Waals surface area contributed by atoms with E-state index in [0.717, 1.165) is 18.4 Å². The SMILES string of the molecule is CC(C)C1CCN(C(C)CNc2ccccc2)CC1. The molecule has 1 N–H and O–H groups in total. The molecule has 0 amide bonds. The fraction of sp³-hybridized carbons (Fsp3) is 0.647. The number of piperidine rings is 1. The first-order chi connectivity index (χ1) is 9.16. The largest absolute Gasteiger partial charge is 0.383 e. The molecule has 0 spiro atoms. The van der Waals surface area contributed by atoms with Gasteiger partial charge in [-0.25, -0.2) is 0 Å². The zero-order valence-electron chi connectivity index (χ0n) is 12.6. The molecule has 0 bridgehead atoms. The molecule has 1 fully saturated rings. The van der Waals surface area contributed by atoms with Gasteiger partial charge in [0.05, 0.1) is 0 Å². The van der Waals surface area contributed by atoms with Crippen LogP contribution in [0.2, 0.25) is 0 Å². The summed E-state index contributed by atoms with van der Waals surface area (Å²) in [5.74, 6) is 1.78. The summed E-state index contributed by atoms with van der Waals surface area (Å²) in [6.45, 7) is 10.6. The van der Waals surface area contributed by atoms with E-state index in [1.54, 1.807) is 0 Å². The minimum atomic E-state index is 0.619. The predicted molar refractivity (Wildman–Crippen MR) is 83.5 cm³/mol. The molecule has 1 aliphatic heterocycles. The van der Waals surface area contributed by atoms with E-state index < -0.39 is 0 Å². The number of likely N-dealkylation sites (tertiary alicyclic amines) is 1. The topological polar surface area (TPSA) is 15.3 Å². The summed E-state index contributed by atoms with van der Waals surface area (Å²) in [5.41, 5.74) is 1.23. The zero-order valence-corrected chi connectivity index (χ0v) is 12.6. The van der Waals surface area contributed by atoms with E-state index in [0.29, 0.717) is 6.04 Å². The normalized spacial score (nSPS) is 19.6. The van der Waals surface area contributed by atoms with Crippen LogP contribution in [0.5, 0.6) is 0 Å². The molecule has 1 aromatic carbocycles. The molecule has 1 atom stereocenters. The second-order valence-electron chi connectivity index (χ2n) is 6.21. The number of para-hydroxylation sites is 1. The van der Waals surface area contributed by atoms with Crippen molar-refractivity contribution in [3.05, 3.63) is 30.3 Å². The first-order valence-electron chi connectivity index (χ1n) is 7.70. The summed E-state index contributed by atoms with van der Waals surface area (Å²) < 4.78 is 0. The fourth-order valence-corrected chi connectivity index (χ4v) is 2.98. The maximum Gasteiger partial charge on any atom is 0.0340 e. The number of nitrogens with one attached hydrogen (secondary N) is 1. The van der Waals surface area contributed by atoms with Gasteiger partial charge in [-0.3, -0.25) is 4.90 Å². The minimum Gasteiger partial charge on any atom is -0.383 e. The molecule has 0 aromatic heterocycles. The predicted octanol–water partition coefficient (Wildman–Crippen LogP) is 3.86. The third-order valence-electron chi connectivity index (χ3n) is 4.52. The highest BCUT2D eigenvalue weighted by atomic mass is 15.2. The standard InChI is InChI=1S/C17H28N2/c1-14(2)16-9-11-19(12-10-16)15(3)13-18-17-7-5-4-6-8-17/h4-8,14-16,18H,9-13H2,1-3H3. The molecule has 0 radical (unpaired) electrons. The molecular weight excluding hydrogens is 232 g/mol. The molecule has 2 nitrogen and oxygen atoms in total. The van der Waals surface area contributed by atoms with E-state index in [4.69, 9.17) is 0 Å². The maximum atomic E-state index is 3.53. The van der Waals surface area contributed by atoms with E-state index >= 15 is 0 Å². The van der Waals surface area contributed by atoms with E-state index in [1.165, 1.54) is 31.6 Å². The van der Waals surface area contributed by atoms with Crippen LogP contribution in [0.25, 0.3) is 0 Å². The van der Waals surface area contributed by atoms with Crippen LogP contribution >= 0.6 is 0 Å². The van der Waals surface area contributed by atoms with Crippen LogP contribution in [0.4, 0.5) is 5.69 Å². The zero-order chi connectivity index (χ0) is 13.7. The van der Waals surface area contributed by atoms with Gasteiger partial charge in [-0.15, -0.1) is 0 Å². The van der Waals surface area contributed by atoms with Crippen LogP contribution < -0.4 is 5.32 Å². The number of hydrogen-bond donors (Lipinski definition) is 1. The molecule has 1 aliphatic rings. The van der Waals surface area contributed by atoms with Crippen LogP contribution in [0.15, 0.2) is 30.3 Å². The molecule has 2 heteroatoms. The Morgan fingerprint density at radius 3 is 2.32 bits per heavy atom. The Hall–Kier alpha value is -1.02. The van der Waals surface area contributed by atoms with Crippen LogP contribution in [-0.4, -0.2) is 30.6 Å². The van der Waals surface area contributed by atoms with Gasteiger partial charge in [-0.1, -0.05) is 32.0 Å². The molecule has 106 valence electrons. The minimum absolute atomic E-state index is 0.619. The van der Waals surface area contributed by atoms with Crippen molar-refractivity contribution in [2.24, 2.45) is 11.8 Å². The quantitative estimate of drug-likeness (QED) is 0.865. The molecule has 1 heterocycles. The van der Waals surface area contributed by atoms with Crippen molar-refractivity contribution >= 4 is 5.69 Å². The van der Waals surface area contributed by atoms with Crippen LogP contribution in [0.1, 0.15) is 33.6 Å². The van der Waals surface area contributed by atoms with Gasteiger partial charge in [-0.2, -0.15) is 0 Å². The number of rotatable bonds is 5. The van der Waals surface area contributed by atoms with Gasteiger partial charge in [0.15, 0.2) is 0 Å². The van der Waals surface area contributed by atoms with Gasteiger partial charge in [0.1, 0.15) is 0 Å². The molecule has 0 aliphatic carbocycles. The molecule has 0 saturated carbocycles. The maximum absolute atomic E-state index is 3.53. The number of anilines is 1. The summed E-state index contributed by atoms with van der Waals surface area (Å²) in [5, 5.41) is 3.53. The number of nitrogens with zero attached hydrogens (tertiary/aromatic N) is 1. The average Bonchev–Trinajstić information content (AvgIpc) is 2.46. The Balaban J connectivity index is 1.74. The smallest absolute Gasteiger partial charge is 0.0340 e. The fourth-order valence-electron chi connectivity index (χ4n) is 2.98. The molecule has 2 rings (SSSR count). The lowest BCUT2D eigenvalue weighted by molar-refractivity contribution is 0.127. The third kappa shape index (κ3) is 4.24. The average molecular weight is 260 g/mol. The molecule has 1 aromatic rings. The molecular formula is C17H28N2. The summed E-state index contributed by atoms with van der Waals surface area (Å²) in [6.07, 6.45) is 2.74. The molecule has 1 saturated heterocycles. The second kappa shape index (κ2) is 6.95. The van der Waals surface area contributed by atoms with Crippen molar-refractivity contribution in [2.75, 3.05) is 25.0 Å². The second-order valence-corrected chi connectivity index (χ2v) is 6.21. The van der Waals surface area contributed by atoms with Gasteiger partial charge in [0, 0.05) is 18.3 Å². The summed E-state index contributed by atoms with van der Waals surface area (Å²) in [4.78, 5) is 2.63. The molecule has 19 heavy (non-hydrogen) atoms. The Labute approximate surface area is 118 Å². The third-order valence-corrected chi connectivity index (χ3v) is 4.52. The highest BCUT2D eigenvalue weighted by Gasteiger charge is 2.24. The van der Waals surface area contributed by atoms with Crippen molar-refractivity contribution in [2.45, 2.75) is 39.7 Å². The summed E-state index contributed by atoms with van der Waals surface area (Å²) in [7, 11) is 0. The van der Waals surface area contributed by atoms with Crippen molar-refractivity contribution in [3.63, 3.8) is 0 Å². The van der Waals surface area contributed by atoms with Gasteiger partial charge >= 0.3 is 0 Å². The lowest BCUT2D eigenvalue weighted by atomic mass is 9.86. The van der Waals surface area contributed by atoms with Gasteiger partial charge in [-0.05, 0) is 56.8 Å². The van der Waals surface area contributed by atoms with E-state index in [2.05, 4.69) is 61.3 Å². The van der Waals surface area contributed by atoms with E-state index in [9.17, 15) is 0 Å². The summed E-state index contributed by atoms with van der Waals surface area (Å²) in [6, 6.07) is 11.1. The van der Waals surface area contributed by atoms with E-state index in [-0.39, 0.29) is 0 Å². The van der Waals surface area contributed by atoms with E-state index in [1.807, 2.05) is 0 Å². The van der Waals surface area contributed by atoms with Crippen molar-refractivity contribution in [1.82, 2.24) is 4.90 Å². The van der Waals surface area contributed by atoms with Crippen LogP contribution in [0, 0.1) is 11.8 Å². The number of benzene rings is 1. The van der Waals surface area contributed by atoms with Crippen molar-refractivity contribution in [1.29, 1.82) is 0 Å². The summed E-state index contributed by atoms with van der Waals surface area (Å²) >= 11 is 0. The van der Waals surface area contributed by atoms with Crippen LogP contribution in [0.3, 0.4) is 0 Å². The van der Waals surface area contributed by atoms with Crippen LogP contribution in [-0.2, 0) is 0 Å². The highest BCUT2D eigenvalue weighted by Crippen LogP contribution is 2.25. The lowest BCUT2D eigenvalue weighted by Gasteiger charge is -2.37. The lowest BCUT2D eigenvalue weighted by Crippen LogP contribution is -2.43. The first kappa shape index (κ1) is 14.4. The Kier molecular flexibility index (Phi) is 5.26. The Bertz CT molecular complexity index is 353. The monoisotopic (exact) mass is 260 g/mol. The highest BCUT2D eigenvalue weighted by molar-refractivity contribution is 5.42. The van der Waals surface area contributed by atoms with Gasteiger partial charge in [0.2, 0.25) is 0 Å².